The number of hydrogen-bond donors (Lipinski definition) is 0. The Kier molecular flexibility index (Phi) is 3.86. The fourth-order valence-corrected chi connectivity index (χ4v) is 1.77. The van der Waals surface area contributed by atoms with Gasteiger partial charge in [0.15, 0.2) is 6.61 Å². The average molecular weight is 293 g/mol. The highest BCUT2D eigenvalue weighted by Gasteiger charge is 2.17. The van der Waals surface area contributed by atoms with Crippen LogP contribution in [-0.2, 0) is 13.7 Å². The predicted molar refractivity (Wildman–Crippen MR) is 70.4 cm³/mol. The summed E-state index contributed by atoms with van der Waals surface area (Å²) in [5.41, 5.74) is 0.293. The highest BCUT2D eigenvalue weighted by molar-refractivity contribution is 6.30. The number of hydrogen-bond acceptors (Lipinski definition) is 5. The Bertz CT molecular complexity index is 705. The number of nitriles is 1. The van der Waals surface area contributed by atoms with Crippen LogP contribution in [0.5, 0.6) is 5.75 Å². The van der Waals surface area contributed by atoms with E-state index in [0.29, 0.717) is 22.2 Å². The Hall–Kier alpha value is -2.59. The molecule has 0 spiro atoms. The number of nitrogens with zero attached hydrogens (tertiary/aromatic N) is 4. The van der Waals surface area contributed by atoms with E-state index in [9.17, 15) is 10.1 Å². The number of rotatable bonds is 4. The van der Waals surface area contributed by atoms with Gasteiger partial charge >= 0.3 is 5.82 Å². The van der Waals surface area contributed by atoms with Crippen molar-refractivity contribution in [2.24, 2.45) is 7.05 Å². The van der Waals surface area contributed by atoms with Gasteiger partial charge in [0, 0.05) is 5.02 Å². The second-order valence-electron chi connectivity index (χ2n) is 3.89. The third-order valence-corrected chi connectivity index (χ3v) is 2.90. The molecule has 0 saturated heterocycles. The summed E-state index contributed by atoms with van der Waals surface area (Å²) in [6.45, 7) is 0.0145. The van der Waals surface area contributed by atoms with Crippen molar-refractivity contribution in [2.45, 2.75) is 6.61 Å². The lowest BCUT2D eigenvalue weighted by Gasteiger charge is -2.06. The minimum absolute atomic E-state index is 0.0145. The summed E-state index contributed by atoms with van der Waals surface area (Å²) in [6, 6.07) is 6.61. The maximum atomic E-state index is 10.7. The smallest absolute Gasteiger partial charge is 0.342 e. The normalized spacial score (nSPS) is 10.1. The predicted octanol–water partition coefficient (Wildman–Crippen LogP) is 2.43. The first-order valence-electron chi connectivity index (χ1n) is 5.50. The highest BCUT2D eigenvalue weighted by atomic mass is 35.5. The van der Waals surface area contributed by atoms with Gasteiger partial charge in [-0.3, -0.25) is 0 Å². The SMILES string of the molecule is Cn1c([N+](=O)[O-])cnc1COc1ccc(Cl)cc1C#N. The molecule has 2 aromatic rings. The average Bonchev–Trinajstić information content (AvgIpc) is 2.78. The van der Waals surface area contributed by atoms with Gasteiger partial charge in [0.1, 0.15) is 18.0 Å². The summed E-state index contributed by atoms with van der Waals surface area (Å²) in [7, 11) is 1.52. The van der Waals surface area contributed by atoms with Gasteiger partial charge in [0.05, 0.1) is 12.6 Å². The second-order valence-corrected chi connectivity index (χ2v) is 4.33. The van der Waals surface area contributed by atoms with Crippen LogP contribution in [0.15, 0.2) is 24.4 Å². The largest absolute Gasteiger partial charge is 0.482 e. The van der Waals surface area contributed by atoms with Crippen molar-refractivity contribution in [2.75, 3.05) is 0 Å². The molecule has 0 bridgehead atoms. The third-order valence-electron chi connectivity index (χ3n) is 2.67. The van der Waals surface area contributed by atoms with Crippen molar-refractivity contribution in [1.82, 2.24) is 9.55 Å². The Balaban J connectivity index is 2.18. The Labute approximate surface area is 119 Å². The van der Waals surface area contributed by atoms with Crippen LogP contribution in [0.1, 0.15) is 11.4 Å². The molecule has 0 radical (unpaired) electrons. The number of benzene rings is 1. The van der Waals surface area contributed by atoms with Crippen LogP contribution in [-0.4, -0.2) is 14.5 Å². The minimum atomic E-state index is -0.528. The lowest BCUT2D eigenvalue weighted by Crippen LogP contribution is -2.06. The zero-order valence-corrected chi connectivity index (χ0v) is 11.2. The number of halogens is 1. The molecular formula is C12H9ClN4O3. The molecule has 20 heavy (non-hydrogen) atoms. The van der Waals surface area contributed by atoms with Gasteiger partial charge in [-0.1, -0.05) is 11.6 Å². The summed E-state index contributed by atoms with van der Waals surface area (Å²) < 4.78 is 6.78. The summed E-state index contributed by atoms with van der Waals surface area (Å²) in [5.74, 6) is 0.610. The molecule has 2 rings (SSSR count). The van der Waals surface area contributed by atoms with Gasteiger partial charge in [0.25, 0.3) is 0 Å². The van der Waals surface area contributed by atoms with Crippen molar-refractivity contribution < 1.29 is 9.66 Å². The van der Waals surface area contributed by atoms with Crippen molar-refractivity contribution >= 4 is 17.4 Å². The molecule has 7 nitrogen and oxygen atoms in total. The van der Waals surface area contributed by atoms with E-state index in [0.717, 1.165) is 6.20 Å². The van der Waals surface area contributed by atoms with E-state index in [4.69, 9.17) is 21.6 Å². The summed E-state index contributed by atoms with van der Waals surface area (Å²) in [6.07, 6.45) is 1.16. The van der Waals surface area contributed by atoms with E-state index in [1.807, 2.05) is 6.07 Å². The van der Waals surface area contributed by atoms with Crippen LogP contribution in [0.3, 0.4) is 0 Å². The Morgan fingerprint density at radius 3 is 2.95 bits per heavy atom. The molecule has 1 aromatic carbocycles. The number of imidazole rings is 1. The fourth-order valence-electron chi connectivity index (χ4n) is 1.60. The van der Waals surface area contributed by atoms with Crippen LogP contribution >= 0.6 is 11.6 Å². The number of ether oxygens (including phenoxy) is 1. The minimum Gasteiger partial charge on any atom is -0.482 e. The van der Waals surface area contributed by atoms with Gasteiger partial charge < -0.3 is 14.9 Å². The molecule has 0 saturated carbocycles. The summed E-state index contributed by atoms with van der Waals surface area (Å²) in [4.78, 5) is 14.1. The number of nitro groups is 1. The molecule has 0 aliphatic heterocycles. The van der Waals surface area contributed by atoms with E-state index < -0.39 is 4.92 Å². The van der Waals surface area contributed by atoms with Crippen molar-refractivity contribution in [3.8, 4) is 11.8 Å². The first kappa shape index (κ1) is 13.8. The maximum Gasteiger partial charge on any atom is 0.342 e. The second kappa shape index (κ2) is 5.59. The molecule has 1 heterocycles. The van der Waals surface area contributed by atoms with Gasteiger partial charge in [-0.05, 0) is 23.1 Å². The van der Waals surface area contributed by atoms with Crippen molar-refractivity contribution in [3.05, 3.63) is 50.9 Å². The van der Waals surface area contributed by atoms with Crippen LogP contribution in [0.4, 0.5) is 5.82 Å². The van der Waals surface area contributed by atoms with Gasteiger partial charge in [-0.15, -0.1) is 0 Å². The standard InChI is InChI=1S/C12H9ClN4O3/c1-16-11(15-6-12(16)17(18)19)7-20-10-3-2-9(13)4-8(10)5-14/h2-4,6H,7H2,1H3. The van der Waals surface area contributed by atoms with E-state index in [1.54, 1.807) is 12.1 Å². The first-order valence-corrected chi connectivity index (χ1v) is 5.88. The van der Waals surface area contributed by atoms with Crippen LogP contribution < -0.4 is 4.74 Å². The molecular weight excluding hydrogens is 284 g/mol. The molecule has 102 valence electrons. The molecule has 0 aliphatic rings. The molecule has 0 fully saturated rings. The molecule has 1 aromatic heterocycles. The molecule has 0 atom stereocenters. The lowest BCUT2D eigenvalue weighted by molar-refractivity contribution is -0.391. The molecule has 8 heteroatoms. The maximum absolute atomic E-state index is 10.7. The zero-order valence-electron chi connectivity index (χ0n) is 10.4. The van der Waals surface area contributed by atoms with Crippen molar-refractivity contribution in [1.29, 1.82) is 5.26 Å². The van der Waals surface area contributed by atoms with E-state index in [2.05, 4.69) is 4.98 Å². The summed E-state index contributed by atoms with van der Waals surface area (Å²) >= 11 is 5.78. The summed E-state index contributed by atoms with van der Waals surface area (Å²) in [5, 5.41) is 20.1. The Morgan fingerprint density at radius 1 is 1.60 bits per heavy atom. The quantitative estimate of drug-likeness (QED) is 0.637. The first-order chi connectivity index (χ1) is 9.52. The van der Waals surface area contributed by atoms with E-state index >= 15 is 0 Å². The van der Waals surface area contributed by atoms with E-state index in [1.165, 1.54) is 17.7 Å². The molecule has 0 N–H and O–H groups in total. The monoisotopic (exact) mass is 292 g/mol. The zero-order chi connectivity index (χ0) is 14.7. The van der Waals surface area contributed by atoms with Crippen molar-refractivity contribution in [3.63, 3.8) is 0 Å². The van der Waals surface area contributed by atoms with Gasteiger partial charge in [0.2, 0.25) is 5.82 Å². The highest BCUT2D eigenvalue weighted by Crippen LogP contribution is 2.23. The van der Waals surface area contributed by atoms with Crippen LogP contribution in [0, 0.1) is 21.4 Å². The third kappa shape index (κ3) is 2.70. The molecule has 0 aliphatic carbocycles. The van der Waals surface area contributed by atoms with Gasteiger partial charge in [-0.2, -0.15) is 5.26 Å². The van der Waals surface area contributed by atoms with Crippen LogP contribution in [0.2, 0.25) is 5.02 Å². The number of aromatic nitrogens is 2. The topological polar surface area (TPSA) is 94.0 Å². The lowest BCUT2D eigenvalue weighted by atomic mass is 10.2. The van der Waals surface area contributed by atoms with E-state index in [-0.39, 0.29) is 12.4 Å². The fraction of sp³-hybridized carbons (Fsp3) is 0.167. The molecule has 0 unspecified atom stereocenters. The van der Waals surface area contributed by atoms with Crippen LogP contribution in [0.25, 0.3) is 0 Å². The molecule has 0 amide bonds. The Morgan fingerprint density at radius 2 is 2.35 bits per heavy atom. The van der Waals surface area contributed by atoms with Gasteiger partial charge in [-0.25, -0.2) is 9.55 Å².